The van der Waals surface area contributed by atoms with Crippen LogP contribution in [0.1, 0.15) is 6.23 Å². The van der Waals surface area contributed by atoms with Gasteiger partial charge < -0.3 is 60.7 Å². The zero-order chi connectivity index (χ0) is 38.9. The number of aliphatic hydroxyl groups is 2. The van der Waals surface area contributed by atoms with Crippen LogP contribution in [0.25, 0.3) is 11.2 Å². The molecule has 0 aliphatic carbocycles. The van der Waals surface area contributed by atoms with Crippen molar-refractivity contribution in [2.75, 3.05) is 51.6 Å². The molecule has 3 rings (SSSR count). The number of carbonyl (C=O) groups is 4. The van der Waals surface area contributed by atoms with E-state index in [1.54, 1.807) is 0 Å². The van der Waals surface area contributed by atoms with Gasteiger partial charge in [0.2, 0.25) is 0 Å². The average molecular weight is 799 g/mol. The number of hydrogen-bond donors (Lipinski definition) is 11. The first-order valence-corrected chi connectivity index (χ1v) is 18.0. The van der Waals surface area contributed by atoms with Gasteiger partial charge in [-0.2, -0.15) is 8.62 Å². The topological polar surface area (TPSA) is 435 Å². The third-order valence-corrected chi connectivity index (χ3v) is 9.79. The van der Waals surface area contributed by atoms with Gasteiger partial charge in [0.15, 0.2) is 17.7 Å². The van der Waals surface area contributed by atoms with Gasteiger partial charge in [-0.3, -0.25) is 38.1 Å². The monoisotopic (exact) mass is 799 g/mol. The maximum atomic E-state index is 11.8. The molecule has 2 aromatic heterocycles. The number of anilines is 1. The van der Waals surface area contributed by atoms with Gasteiger partial charge in [-0.05, 0) is 0 Å². The second-order valence-corrected chi connectivity index (χ2v) is 14.4. The number of aliphatic carboxylic acids is 4. The highest BCUT2D eigenvalue weighted by Crippen LogP contribution is 2.66. The Morgan fingerprint density at radius 3 is 1.73 bits per heavy atom. The zero-order valence-corrected chi connectivity index (χ0v) is 28.2. The summed E-state index contributed by atoms with van der Waals surface area (Å²) in [5.41, 5.74) is 6.00. The van der Waals surface area contributed by atoms with Gasteiger partial charge in [0, 0.05) is 13.1 Å². The van der Waals surface area contributed by atoms with E-state index >= 15 is 0 Å². The number of hydrogen-bond acceptors (Lipinski definition) is 19. The number of phosphoric ester groups is 1. The van der Waals surface area contributed by atoms with E-state index in [0.717, 1.165) is 16.1 Å². The van der Waals surface area contributed by atoms with E-state index in [2.05, 4.69) is 28.1 Å². The van der Waals surface area contributed by atoms with Gasteiger partial charge in [0.25, 0.3) is 0 Å². The number of nitrogens with two attached hydrogens (primary N) is 1. The van der Waals surface area contributed by atoms with E-state index in [1.165, 1.54) is 10.9 Å². The summed E-state index contributed by atoms with van der Waals surface area (Å²) in [6.07, 6.45) is -3.69. The second kappa shape index (κ2) is 18.3. The van der Waals surface area contributed by atoms with Crippen molar-refractivity contribution in [3.63, 3.8) is 0 Å². The van der Waals surface area contributed by atoms with Gasteiger partial charge in [-0.15, -0.1) is 0 Å². The van der Waals surface area contributed by atoms with E-state index in [9.17, 15) is 48.0 Å². The maximum Gasteiger partial charge on any atom is 0.490 e. The molecule has 1 saturated heterocycles. The van der Waals surface area contributed by atoms with Crippen molar-refractivity contribution < 1.29 is 101 Å². The SMILES string of the molecule is Nc1ncnc2c1ncn2[C@@H]1O[C@H](COP(=O)(O)OP(=O)(O)OP(=O)(O)O)[C@@H](O)[C@H]1O.O=C(O)CN(CCN(CC(=O)O)CC(=O)O)CC(=O)O. The molecule has 1 aliphatic rings. The van der Waals surface area contributed by atoms with Crippen LogP contribution in [0.5, 0.6) is 0 Å². The van der Waals surface area contributed by atoms with Crippen LogP contribution in [-0.4, -0.2) is 168 Å². The Kier molecular flexibility index (Phi) is 15.6. The molecule has 3 heterocycles. The van der Waals surface area contributed by atoms with E-state index in [-0.39, 0.29) is 30.1 Å². The normalized spacial score (nSPS) is 21.5. The standard InChI is InChI=1S/C10H16N5O13P3.C10H16N2O8/c11-8-5-9(13-2-12-8)15(3-14-5)10-7(17)6(16)4(26-10)1-25-30(21,22)28-31(23,24)27-29(18,19)20;13-7(14)3-11(4-8(15)16)1-2-12(5-9(17)18)6-10(19)20/h2-4,6-7,10,16-17H,1H2,(H,21,22)(H,23,24)(H2,11,12,13)(H2,18,19,20);1-6H2,(H,13,14)(H,15,16)(H,17,18)(H,19,20)/t4-,6-,7-,10-;/m1./s1. The number of nitrogen functional groups attached to an aromatic ring is 1. The molecule has 1 fully saturated rings. The Morgan fingerprint density at radius 1 is 0.784 bits per heavy atom. The number of carboxylic acids is 4. The summed E-state index contributed by atoms with van der Waals surface area (Å²) < 4.78 is 51.9. The van der Waals surface area contributed by atoms with Gasteiger partial charge in [-0.1, -0.05) is 0 Å². The summed E-state index contributed by atoms with van der Waals surface area (Å²) in [6.45, 7) is -3.21. The Morgan fingerprint density at radius 2 is 1.27 bits per heavy atom. The molecule has 0 bridgehead atoms. The van der Waals surface area contributed by atoms with Crippen LogP contribution in [-0.2, 0) is 50.8 Å². The molecule has 0 amide bonds. The molecule has 2 aromatic rings. The molecule has 288 valence electrons. The fourth-order valence-electron chi connectivity index (χ4n) is 4.10. The predicted octanol–water partition coefficient (Wildman–Crippen LogP) is -3.70. The maximum absolute atomic E-state index is 11.8. The summed E-state index contributed by atoms with van der Waals surface area (Å²) in [5, 5.41) is 54.9. The quantitative estimate of drug-likeness (QED) is 0.0609. The van der Waals surface area contributed by atoms with Crippen LogP contribution in [0.2, 0.25) is 0 Å². The lowest BCUT2D eigenvalue weighted by atomic mass is 10.1. The third kappa shape index (κ3) is 14.9. The number of carboxylic acid groups (broad SMARTS) is 4. The lowest BCUT2D eigenvalue weighted by Crippen LogP contribution is -2.43. The average Bonchev–Trinajstić information content (AvgIpc) is 3.49. The molecule has 31 heteroatoms. The van der Waals surface area contributed by atoms with Crippen molar-refractivity contribution >= 4 is 64.3 Å². The van der Waals surface area contributed by atoms with Gasteiger partial charge in [0.05, 0.1) is 39.1 Å². The molecule has 6 atom stereocenters. The highest BCUT2D eigenvalue weighted by atomic mass is 31.3. The van der Waals surface area contributed by atoms with E-state index in [4.69, 9.17) is 45.6 Å². The summed E-state index contributed by atoms with van der Waals surface area (Å²) >= 11 is 0. The zero-order valence-electron chi connectivity index (χ0n) is 25.5. The number of ether oxygens (including phenoxy) is 1. The van der Waals surface area contributed by atoms with Crippen LogP contribution in [0, 0.1) is 0 Å². The lowest BCUT2D eigenvalue weighted by Gasteiger charge is -2.23. The van der Waals surface area contributed by atoms with Crippen LogP contribution in [0.3, 0.4) is 0 Å². The number of aromatic nitrogens is 4. The van der Waals surface area contributed by atoms with E-state index in [0.29, 0.717) is 0 Å². The summed E-state index contributed by atoms with van der Waals surface area (Å²) in [6, 6.07) is 0. The highest BCUT2D eigenvalue weighted by molar-refractivity contribution is 7.66. The smallest absolute Gasteiger partial charge is 0.480 e. The van der Waals surface area contributed by atoms with Gasteiger partial charge in [0.1, 0.15) is 30.2 Å². The first kappa shape index (κ1) is 43.6. The minimum absolute atomic E-state index is 0.0426. The fraction of sp³-hybridized carbons (Fsp3) is 0.550. The van der Waals surface area contributed by atoms with Crippen LogP contribution in [0.4, 0.5) is 5.82 Å². The number of phosphoric acid groups is 3. The van der Waals surface area contributed by atoms with Crippen molar-refractivity contribution in [1.82, 2.24) is 29.3 Å². The number of fused-ring (bicyclic) bond motifs is 1. The molecule has 0 saturated carbocycles. The molecular formula is C20H32N7O21P3. The summed E-state index contributed by atoms with van der Waals surface area (Å²) in [5.74, 6) is -4.87. The lowest BCUT2D eigenvalue weighted by molar-refractivity contribution is -0.145. The summed E-state index contributed by atoms with van der Waals surface area (Å²) in [4.78, 5) is 91.6. The molecule has 51 heavy (non-hydrogen) atoms. The van der Waals surface area contributed by atoms with Crippen LogP contribution in [0.15, 0.2) is 12.7 Å². The Bertz CT molecular complexity index is 1640. The molecule has 2 unspecified atom stereocenters. The minimum atomic E-state index is -5.70. The van der Waals surface area contributed by atoms with Crippen LogP contribution < -0.4 is 5.73 Å². The van der Waals surface area contributed by atoms with E-state index < -0.39 is 105 Å². The number of imidazole rings is 1. The van der Waals surface area contributed by atoms with Gasteiger partial charge >= 0.3 is 47.3 Å². The first-order valence-electron chi connectivity index (χ1n) is 13.4. The van der Waals surface area contributed by atoms with Crippen LogP contribution >= 0.6 is 23.5 Å². The molecular weight excluding hydrogens is 767 g/mol. The molecule has 0 radical (unpaired) electrons. The molecule has 0 aromatic carbocycles. The molecule has 28 nitrogen and oxygen atoms in total. The molecule has 1 aliphatic heterocycles. The largest absolute Gasteiger partial charge is 0.490 e. The first-order chi connectivity index (χ1) is 23.4. The predicted molar refractivity (Wildman–Crippen MR) is 159 cm³/mol. The second-order valence-electron chi connectivity index (χ2n) is 10.0. The van der Waals surface area contributed by atoms with Crippen molar-refractivity contribution in [3.05, 3.63) is 12.7 Å². The Hall–Kier alpha value is -3.56. The fourth-order valence-corrected chi connectivity index (χ4v) is 7.13. The summed E-state index contributed by atoms with van der Waals surface area (Å²) in [7, 11) is -16.7. The Balaban J connectivity index is 0.000000392. The highest BCUT2D eigenvalue weighted by Gasteiger charge is 2.47. The third-order valence-electron chi connectivity index (χ3n) is 5.98. The number of aliphatic hydroxyl groups excluding tert-OH is 2. The Labute approximate surface area is 283 Å². The van der Waals surface area contributed by atoms with Crippen molar-refractivity contribution in [2.24, 2.45) is 0 Å². The molecule has 0 spiro atoms. The van der Waals surface area contributed by atoms with Crippen molar-refractivity contribution in [3.8, 4) is 0 Å². The van der Waals surface area contributed by atoms with Crippen molar-refractivity contribution in [1.29, 1.82) is 0 Å². The number of rotatable bonds is 19. The van der Waals surface area contributed by atoms with E-state index in [1.807, 2.05) is 0 Å². The molecule has 12 N–H and O–H groups in total. The van der Waals surface area contributed by atoms with Crippen molar-refractivity contribution in [2.45, 2.75) is 24.5 Å². The number of nitrogens with zero attached hydrogens (tertiary/aromatic N) is 6. The minimum Gasteiger partial charge on any atom is -0.480 e. The van der Waals surface area contributed by atoms with Gasteiger partial charge in [-0.25, -0.2) is 28.6 Å².